The fraction of sp³-hybridized carbons (Fsp3) is 1.00. The third kappa shape index (κ3) is 8.55. The largest absolute Gasteiger partial charge is 0.382 e. The second-order valence-electron chi connectivity index (χ2n) is 5.19. The Labute approximate surface area is 116 Å². The summed E-state index contributed by atoms with van der Waals surface area (Å²) in [7, 11) is 1.66. The molecule has 1 aliphatic rings. The molecule has 0 radical (unpaired) electrons. The molecule has 19 heavy (non-hydrogen) atoms. The maximum Gasteiger partial charge on any atom is 0.0701 e. The van der Waals surface area contributed by atoms with Crippen LogP contribution >= 0.6 is 0 Å². The van der Waals surface area contributed by atoms with Crippen molar-refractivity contribution in [3.05, 3.63) is 0 Å². The van der Waals surface area contributed by atoms with Crippen LogP contribution in [0, 0.1) is 0 Å². The van der Waals surface area contributed by atoms with E-state index in [9.17, 15) is 0 Å². The summed E-state index contributed by atoms with van der Waals surface area (Å²) in [5, 5.41) is 0. The molecule has 5 heteroatoms. The van der Waals surface area contributed by atoms with Crippen LogP contribution in [0.5, 0.6) is 0 Å². The SMILES string of the molecule is COCCOCCOCCOCC1(N)CCCCC1. The zero-order chi connectivity index (χ0) is 13.8. The third-order valence-corrected chi connectivity index (χ3v) is 3.41. The molecule has 0 heterocycles. The first-order chi connectivity index (χ1) is 9.27. The van der Waals surface area contributed by atoms with Crippen molar-refractivity contribution in [3.63, 3.8) is 0 Å². The summed E-state index contributed by atoms with van der Waals surface area (Å²) in [5.74, 6) is 0. The number of rotatable bonds is 11. The predicted octanol–water partition coefficient (Wildman–Crippen LogP) is 1.34. The van der Waals surface area contributed by atoms with E-state index in [-0.39, 0.29) is 5.54 Å². The number of nitrogens with two attached hydrogens (primary N) is 1. The molecule has 0 amide bonds. The van der Waals surface area contributed by atoms with Crippen molar-refractivity contribution >= 4 is 0 Å². The van der Waals surface area contributed by atoms with Crippen molar-refractivity contribution in [2.75, 3.05) is 53.4 Å². The van der Waals surface area contributed by atoms with Gasteiger partial charge in [-0.3, -0.25) is 0 Å². The van der Waals surface area contributed by atoms with Gasteiger partial charge in [0.15, 0.2) is 0 Å². The van der Waals surface area contributed by atoms with Gasteiger partial charge in [0.05, 0.1) is 46.2 Å². The Morgan fingerprint density at radius 2 is 1.32 bits per heavy atom. The van der Waals surface area contributed by atoms with Gasteiger partial charge in [0, 0.05) is 12.6 Å². The maximum atomic E-state index is 6.27. The highest BCUT2D eigenvalue weighted by atomic mass is 16.6. The lowest BCUT2D eigenvalue weighted by Gasteiger charge is -2.32. The monoisotopic (exact) mass is 275 g/mol. The minimum atomic E-state index is -0.0957. The summed E-state index contributed by atoms with van der Waals surface area (Å²) >= 11 is 0. The molecule has 1 aliphatic carbocycles. The summed E-state index contributed by atoms with van der Waals surface area (Å²) < 4.78 is 21.2. The van der Waals surface area contributed by atoms with Crippen molar-refractivity contribution in [2.45, 2.75) is 37.6 Å². The van der Waals surface area contributed by atoms with Crippen LogP contribution in [-0.2, 0) is 18.9 Å². The van der Waals surface area contributed by atoms with E-state index in [0.29, 0.717) is 46.2 Å². The van der Waals surface area contributed by atoms with Crippen LogP contribution in [0.2, 0.25) is 0 Å². The smallest absolute Gasteiger partial charge is 0.0701 e. The molecule has 1 saturated carbocycles. The van der Waals surface area contributed by atoms with Crippen LogP contribution in [0.1, 0.15) is 32.1 Å². The van der Waals surface area contributed by atoms with Crippen LogP contribution in [0.4, 0.5) is 0 Å². The normalized spacial score (nSPS) is 18.6. The summed E-state index contributed by atoms with van der Waals surface area (Å²) in [6.07, 6.45) is 5.94. The third-order valence-electron chi connectivity index (χ3n) is 3.41. The van der Waals surface area contributed by atoms with Crippen LogP contribution in [0.15, 0.2) is 0 Å². The molecule has 5 nitrogen and oxygen atoms in total. The Hall–Kier alpha value is -0.200. The van der Waals surface area contributed by atoms with E-state index in [1.807, 2.05) is 0 Å². The van der Waals surface area contributed by atoms with Crippen LogP contribution in [-0.4, -0.2) is 58.9 Å². The Kier molecular flexibility index (Phi) is 9.38. The molecule has 0 aromatic carbocycles. The van der Waals surface area contributed by atoms with E-state index in [4.69, 9.17) is 24.7 Å². The standard InChI is InChI=1S/C14H29NO4/c1-16-7-8-17-9-10-18-11-12-19-13-14(15)5-3-2-4-6-14/h2-13,15H2,1H3. The highest BCUT2D eigenvalue weighted by Gasteiger charge is 2.27. The van der Waals surface area contributed by atoms with E-state index in [1.165, 1.54) is 19.3 Å². The lowest BCUT2D eigenvalue weighted by molar-refractivity contribution is -0.00691. The molecule has 0 saturated heterocycles. The number of ether oxygens (including phenoxy) is 4. The van der Waals surface area contributed by atoms with Gasteiger partial charge in [0.2, 0.25) is 0 Å². The molecule has 0 aromatic heterocycles. The number of hydrogen-bond donors (Lipinski definition) is 1. The Morgan fingerprint density at radius 3 is 1.89 bits per heavy atom. The topological polar surface area (TPSA) is 62.9 Å². The molecule has 1 fully saturated rings. The molecular formula is C14H29NO4. The molecule has 0 aliphatic heterocycles. The Morgan fingerprint density at radius 1 is 0.789 bits per heavy atom. The molecule has 0 atom stereocenters. The molecule has 0 spiro atoms. The molecule has 2 N–H and O–H groups in total. The fourth-order valence-electron chi connectivity index (χ4n) is 2.26. The fourth-order valence-corrected chi connectivity index (χ4v) is 2.26. The average Bonchev–Trinajstić information content (AvgIpc) is 2.42. The van der Waals surface area contributed by atoms with Crippen molar-refractivity contribution in [2.24, 2.45) is 5.73 Å². The predicted molar refractivity (Wildman–Crippen MR) is 74.3 cm³/mol. The molecule has 0 aromatic rings. The van der Waals surface area contributed by atoms with Crippen LogP contribution in [0.3, 0.4) is 0 Å². The van der Waals surface area contributed by atoms with Crippen molar-refractivity contribution in [1.82, 2.24) is 0 Å². The van der Waals surface area contributed by atoms with E-state index in [2.05, 4.69) is 0 Å². The van der Waals surface area contributed by atoms with Gasteiger partial charge in [-0.15, -0.1) is 0 Å². The van der Waals surface area contributed by atoms with Crippen molar-refractivity contribution in [1.29, 1.82) is 0 Å². The first kappa shape index (κ1) is 16.9. The van der Waals surface area contributed by atoms with Gasteiger partial charge in [-0.1, -0.05) is 19.3 Å². The summed E-state index contributed by atoms with van der Waals surface area (Å²) in [6, 6.07) is 0. The Balaban J connectivity index is 1.83. The molecule has 114 valence electrons. The maximum absolute atomic E-state index is 6.27. The van der Waals surface area contributed by atoms with Gasteiger partial charge in [0.1, 0.15) is 0 Å². The first-order valence-electron chi connectivity index (χ1n) is 7.28. The van der Waals surface area contributed by atoms with Gasteiger partial charge in [0.25, 0.3) is 0 Å². The van der Waals surface area contributed by atoms with Crippen LogP contribution in [0.25, 0.3) is 0 Å². The van der Waals surface area contributed by atoms with Gasteiger partial charge < -0.3 is 24.7 Å². The second-order valence-corrected chi connectivity index (χ2v) is 5.19. The van der Waals surface area contributed by atoms with Gasteiger partial charge in [-0.2, -0.15) is 0 Å². The quantitative estimate of drug-likeness (QED) is 0.577. The van der Waals surface area contributed by atoms with Crippen molar-refractivity contribution in [3.8, 4) is 0 Å². The minimum Gasteiger partial charge on any atom is -0.382 e. The molecular weight excluding hydrogens is 246 g/mol. The Bertz CT molecular complexity index is 208. The number of methoxy groups -OCH3 is 1. The van der Waals surface area contributed by atoms with Crippen LogP contribution < -0.4 is 5.73 Å². The van der Waals surface area contributed by atoms with E-state index >= 15 is 0 Å². The van der Waals surface area contributed by atoms with E-state index < -0.39 is 0 Å². The molecule has 0 unspecified atom stereocenters. The van der Waals surface area contributed by atoms with Gasteiger partial charge >= 0.3 is 0 Å². The molecule has 0 bridgehead atoms. The van der Waals surface area contributed by atoms with E-state index in [0.717, 1.165) is 12.8 Å². The highest BCUT2D eigenvalue weighted by molar-refractivity contribution is 4.86. The van der Waals surface area contributed by atoms with Gasteiger partial charge in [-0.05, 0) is 12.8 Å². The van der Waals surface area contributed by atoms with Crippen molar-refractivity contribution < 1.29 is 18.9 Å². The molecule has 1 rings (SSSR count). The zero-order valence-corrected chi connectivity index (χ0v) is 12.2. The highest BCUT2D eigenvalue weighted by Crippen LogP contribution is 2.25. The minimum absolute atomic E-state index is 0.0957. The van der Waals surface area contributed by atoms with Gasteiger partial charge in [-0.25, -0.2) is 0 Å². The van der Waals surface area contributed by atoms with E-state index in [1.54, 1.807) is 7.11 Å². The number of hydrogen-bond acceptors (Lipinski definition) is 5. The first-order valence-corrected chi connectivity index (χ1v) is 7.28. The summed E-state index contributed by atoms with van der Waals surface area (Å²) in [6.45, 7) is 4.31. The summed E-state index contributed by atoms with van der Waals surface area (Å²) in [4.78, 5) is 0. The second kappa shape index (κ2) is 10.6. The average molecular weight is 275 g/mol. The lowest BCUT2D eigenvalue weighted by atomic mass is 9.83. The summed E-state index contributed by atoms with van der Waals surface area (Å²) in [5.41, 5.74) is 6.17. The lowest BCUT2D eigenvalue weighted by Crippen LogP contribution is -2.46. The zero-order valence-electron chi connectivity index (χ0n) is 12.2.